The van der Waals surface area contributed by atoms with Crippen LogP contribution in [0.2, 0.25) is 0 Å². The molecular weight excluding hydrogens is 267 g/mol. The molecule has 18 heavy (non-hydrogen) atoms. The zero-order valence-electron chi connectivity index (χ0n) is 9.58. The Morgan fingerprint density at radius 3 is 2.22 bits per heavy atom. The molecule has 2 rings (SSSR count). The van der Waals surface area contributed by atoms with Crippen LogP contribution in [-0.4, -0.2) is 24.8 Å². The molecule has 1 heterocycles. The van der Waals surface area contributed by atoms with Crippen LogP contribution in [-0.2, 0) is 0 Å². The number of ether oxygens (including phenoxy) is 1. The van der Waals surface area contributed by atoms with Gasteiger partial charge in [-0.3, -0.25) is 0 Å². The minimum absolute atomic E-state index is 0.105. The van der Waals surface area contributed by atoms with Gasteiger partial charge in [0, 0.05) is 18.8 Å². The maximum atomic E-state index is 12.9. The predicted octanol–water partition coefficient (Wildman–Crippen LogP) is 3.79. The van der Waals surface area contributed by atoms with Crippen molar-refractivity contribution < 1.29 is 17.9 Å². The molecule has 1 unspecified atom stereocenters. The van der Waals surface area contributed by atoms with Crippen LogP contribution in [0.25, 0.3) is 0 Å². The van der Waals surface area contributed by atoms with Crippen LogP contribution in [0, 0.1) is 0 Å². The first-order valence-electron chi connectivity index (χ1n) is 5.69. The van der Waals surface area contributed by atoms with Crippen LogP contribution in [0.1, 0.15) is 12.8 Å². The van der Waals surface area contributed by atoms with Crippen LogP contribution in [0.4, 0.5) is 18.9 Å². The van der Waals surface area contributed by atoms with Gasteiger partial charge >= 0.3 is 6.11 Å². The lowest BCUT2D eigenvalue weighted by molar-refractivity contribution is -0.199. The summed E-state index contributed by atoms with van der Waals surface area (Å²) >= 11 is 4.70. The molecule has 2 nitrogen and oxygen atoms in total. The van der Waals surface area contributed by atoms with Crippen molar-refractivity contribution in [1.82, 2.24) is 0 Å². The number of rotatable bonds is 4. The number of hydrogen-bond acceptors (Lipinski definition) is 2. The molecule has 1 aliphatic rings. The first-order chi connectivity index (χ1) is 8.49. The lowest BCUT2D eigenvalue weighted by Gasteiger charge is -2.20. The smallest absolute Gasteiger partial charge is 0.429 e. The second-order valence-electron chi connectivity index (χ2n) is 4.15. The van der Waals surface area contributed by atoms with E-state index in [1.165, 1.54) is 12.1 Å². The Morgan fingerprint density at radius 2 is 1.72 bits per heavy atom. The Bertz CT molecular complexity index is 391. The van der Waals surface area contributed by atoms with E-state index < -0.39 is 11.7 Å². The quantitative estimate of drug-likeness (QED) is 0.778. The van der Waals surface area contributed by atoms with Crippen LogP contribution in [0.5, 0.6) is 5.75 Å². The number of halogens is 4. The van der Waals surface area contributed by atoms with Gasteiger partial charge in [-0.2, -0.15) is 8.78 Å². The highest BCUT2D eigenvalue weighted by Crippen LogP contribution is 2.30. The largest absolute Gasteiger partial charge is 0.444 e. The van der Waals surface area contributed by atoms with E-state index >= 15 is 0 Å². The molecule has 0 amide bonds. The Morgan fingerprint density at radius 1 is 1.17 bits per heavy atom. The molecule has 1 saturated heterocycles. The van der Waals surface area contributed by atoms with E-state index in [1.54, 1.807) is 12.1 Å². The zero-order chi connectivity index (χ0) is 13.2. The maximum absolute atomic E-state index is 12.9. The second-order valence-corrected chi connectivity index (χ2v) is 4.54. The topological polar surface area (TPSA) is 12.5 Å². The van der Waals surface area contributed by atoms with E-state index in [2.05, 4.69) is 9.64 Å². The first kappa shape index (κ1) is 13.3. The van der Waals surface area contributed by atoms with Crippen molar-refractivity contribution in [2.45, 2.75) is 24.6 Å². The molecule has 1 aliphatic heterocycles. The summed E-state index contributed by atoms with van der Waals surface area (Å²) in [7, 11) is 0. The molecule has 100 valence electrons. The number of alkyl halides is 4. The third-order valence-electron chi connectivity index (χ3n) is 2.82. The van der Waals surface area contributed by atoms with E-state index in [-0.39, 0.29) is 5.75 Å². The minimum atomic E-state index is -4.02. The number of hydrogen-bond donors (Lipinski definition) is 0. The van der Waals surface area contributed by atoms with Gasteiger partial charge in [-0.05, 0) is 37.1 Å². The summed E-state index contributed by atoms with van der Waals surface area (Å²) in [6.07, 6.45) is -1.76. The maximum Gasteiger partial charge on any atom is 0.444 e. The zero-order valence-corrected chi connectivity index (χ0v) is 10.3. The monoisotopic (exact) mass is 279 g/mol. The Labute approximate surface area is 108 Å². The average molecular weight is 280 g/mol. The van der Waals surface area contributed by atoms with Crippen LogP contribution in [0.15, 0.2) is 24.3 Å². The van der Waals surface area contributed by atoms with Gasteiger partial charge in [0.15, 0.2) is 0 Å². The summed E-state index contributed by atoms with van der Waals surface area (Å²) in [6, 6.07) is 6.14. The van der Waals surface area contributed by atoms with Gasteiger partial charge in [0.1, 0.15) is 5.75 Å². The van der Waals surface area contributed by atoms with Gasteiger partial charge in [-0.15, -0.1) is 0 Å². The normalized spacial score (nSPS) is 17.9. The highest BCUT2D eigenvalue weighted by atomic mass is 35.5. The molecule has 0 spiro atoms. The molecule has 0 radical (unpaired) electrons. The van der Waals surface area contributed by atoms with Gasteiger partial charge in [-0.25, -0.2) is 4.39 Å². The third kappa shape index (κ3) is 3.02. The molecule has 0 bridgehead atoms. The van der Waals surface area contributed by atoms with Gasteiger partial charge in [0.05, 0.1) is 0 Å². The Hall–Kier alpha value is -1.10. The van der Waals surface area contributed by atoms with Gasteiger partial charge in [0.2, 0.25) is 0 Å². The van der Waals surface area contributed by atoms with Crippen molar-refractivity contribution in [3.63, 3.8) is 0 Å². The first-order valence-corrected chi connectivity index (χ1v) is 6.13. The van der Waals surface area contributed by atoms with Crippen LogP contribution < -0.4 is 9.64 Å². The molecule has 1 fully saturated rings. The fourth-order valence-corrected chi connectivity index (χ4v) is 1.95. The summed E-state index contributed by atoms with van der Waals surface area (Å²) in [6.45, 7) is 1.93. The van der Waals surface area contributed by atoms with E-state index in [1.807, 2.05) is 0 Å². The van der Waals surface area contributed by atoms with Gasteiger partial charge in [0.25, 0.3) is 5.63 Å². The van der Waals surface area contributed by atoms with E-state index in [0.717, 1.165) is 31.6 Å². The molecular formula is C12H13ClF3NO. The van der Waals surface area contributed by atoms with Crippen molar-refractivity contribution in [3.8, 4) is 5.75 Å². The fourth-order valence-electron chi connectivity index (χ4n) is 1.90. The molecule has 1 aromatic carbocycles. The lowest BCUT2D eigenvalue weighted by Crippen LogP contribution is -2.32. The van der Waals surface area contributed by atoms with E-state index in [0.29, 0.717) is 0 Å². The molecule has 0 saturated carbocycles. The van der Waals surface area contributed by atoms with Gasteiger partial charge < -0.3 is 9.64 Å². The van der Waals surface area contributed by atoms with Crippen LogP contribution in [0.3, 0.4) is 0 Å². The van der Waals surface area contributed by atoms with Crippen molar-refractivity contribution in [2.24, 2.45) is 0 Å². The summed E-state index contributed by atoms with van der Waals surface area (Å²) in [5.41, 5.74) is -1.92. The molecule has 1 aromatic rings. The number of benzene rings is 1. The fraction of sp³-hybridized carbons (Fsp3) is 0.500. The van der Waals surface area contributed by atoms with E-state index in [9.17, 15) is 13.2 Å². The SMILES string of the molecule is FC(Cl)C(F)(F)Oc1ccc(N2CCCC2)cc1. The summed E-state index contributed by atoms with van der Waals surface area (Å²) in [4.78, 5) is 2.15. The van der Waals surface area contributed by atoms with Crippen LogP contribution >= 0.6 is 11.6 Å². The highest BCUT2D eigenvalue weighted by Gasteiger charge is 2.42. The van der Waals surface area contributed by atoms with Gasteiger partial charge in [-0.1, -0.05) is 11.6 Å². The molecule has 6 heteroatoms. The Kier molecular flexibility index (Phi) is 3.90. The molecule has 0 aromatic heterocycles. The average Bonchev–Trinajstić information content (AvgIpc) is 2.83. The summed E-state index contributed by atoms with van der Waals surface area (Å²) in [5, 5.41) is 0. The second kappa shape index (κ2) is 5.26. The standard InChI is InChI=1S/C12H13ClF3NO/c13-11(14)12(15,16)18-10-5-3-9(4-6-10)17-7-1-2-8-17/h3-6,11H,1-2,7-8H2. The number of anilines is 1. The van der Waals surface area contributed by atoms with Crippen molar-refractivity contribution in [1.29, 1.82) is 0 Å². The molecule has 0 aliphatic carbocycles. The van der Waals surface area contributed by atoms with Crippen molar-refractivity contribution in [3.05, 3.63) is 24.3 Å². The minimum Gasteiger partial charge on any atom is -0.429 e. The lowest BCUT2D eigenvalue weighted by atomic mass is 10.3. The molecule has 0 N–H and O–H groups in total. The molecule has 1 atom stereocenters. The summed E-state index contributed by atoms with van der Waals surface area (Å²) < 4.78 is 42.4. The predicted molar refractivity (Wildman–Crippen MR) is 64.2 cm³/mol. The van der Waals surface area contributed by atoms with Crippen molar-refractivity contribution in [2.75, 3.05) is 18.0 Å². The van der Waals surface area contributed by atoms with Crippen molar-refractivity contribution >= 4 is 17.3 Å². The highest BCUT2D eigenvalue weighted by molar-refractivity contribution is 6.20. The number of nitrogens with zero attached hydrogens (tertiary/aromatic N) is 1. The third-order valence-corrected chi connectivity index (χ3v) is 3.07. The summed E-state index contributed by atoms with van der Waals surface area (Å²) in [5.74, 6) is -0.105. The Balaban J connectivity index is 2.03. The van der Waals surface area contributed by atoms with E-state index in [4.69, 9.17) is 11.6 Å².